The van der Waals surface area contributed by atoms with Gasteiger partial charge in [0.05, 0.1) is 17.1 Å². The van der Waals surface area contributed by atoms with Crippen molar-refractivity contribution >= 4 is 27.4 Å². The Balaban J connectivity index is 1.52. The molecule has 2 aromatic carbocycles. The van der Waals surface area contributed by atoms with E-state index in [4.69, 9.17) is 21.1 Å². The van der Waals surface area contributed by atoms with Gasteiger partial charge < -0.3 is 9.47 Å². The highest BCUT2D eigenvalue weighted by Gasteiger charge is 2.26. The molecule has 1 saturated heterocycles. The lowest BCUT2D eigenvalue weighted by molar-refractivity contribution is -0.170. The number of halogens is 1. The van der Waals surface area contributed by atoms with Crippen LogP contribution in [0.4, 0.5) is 5.82 Å². The van der Waals surface area contributed by atoms with Crippen LogP contribution in [0.2, 0.25) is 5.15 Å². The van der Waals surface area contributed by atoms with Crippen molar-refractivity contribution in [2.45, 2.75) is 56.6 Å². The molecular formula is C26H30ClN3O4S. The molecule has 35 heavy (non-hydrogen) atoms. The molecule has 186 valence electrons. The van der Waals surface area contributed by atoms with Crippen molar-refractivity contribution < 1.29 is 17.9 Å². The Morgan fingerprint density at radius 1 is 1.09 bits per heavy atom. The highest BCUT2D eigenvalue weighted by atomic mass is 35.5. The van der Waals surface area contributed by atoms with Gasteiger partial charge in [0.1, 0.15) is 11.5 Å². The topological polar surface area (TPSA) is 90.4 Å². The molecule has 0 bridgehead atoms. The first-order valence-corrected chi connectivity index (χ1v) is 13.5. The van der Waals surface area contributed by atoms with E-state index in [9.17, 15) is 8.42 Å². The van der Waals surface area contributed by atoms with Crippen LogP contribution in [-0.4, -0.2) is 37.9 Å². The minimum absolute atomic E-state index is 0.123. The summed E-state index contributed by atoms with van der Waals surface area (Å²) in [6, 6.07) is 14.4. The number of aryl methyl sites for hydroxylation is 1. The molecule has 9 heteroatoms. The van der Waals surface area contributed by atoms with Gasteiger partial charge in [-0.3, -0.25) is 4.72 Å². The van der Waals surface area contributed by atoms with Gasteiger partial charge >= 0.3 is 0 Å². The summed E-state index contributed by atoms with van der Waals surface area (Å²) in [6.07, 6.45) is 4.14. The van der Waals surface area contributed by atoms with Gasteiger partial charge in [-0.2, -0.15) is 0 Å². The number of aromatic nitrogens is 2. The number of hydrogen-bond acceptors (Lipinski definition) is 6. The van der Waals surface area contributed by atoms with Crippen molar-refractivity contribution in [3.8, 4) is 11.1 Å². The van der Waals surface area contributed by atoms with Gasteiger partial charge in [-0.15, -0.1) is 0 Å². The molecule has 1 unspecified atom stereocenters. The lowest BCUT2D eigenvalue weighted by Gasteiger charge is -2.30. The molecular weight excluding hydrogens is 486 g/mol. The number of nitrogens with zero attached hydrogens (tertiary/aromatic N) is 2. The number of rotatable bonds is 8. The van der Waals surface area contributed by atoms with E-state index < -0.39 is 10.0 Å². The Hall–Kier alpha value is -2.52. The monoisotopic (exact) mass is 515 g/mol. The minimum Gasteiger partial charge on any atom is -0.353 e. The second-order valence-electron chi connectivity index (χ2n) is 9.38. The Bertz CT molecular complexity index is 1260. The third-order valence-electron chi connectivity index (χ3n) is 6.09. The lowest BCUT2D eigenvalue weighted by atomic mass is 9.85. The van der Waals surface area contributed by atoms with Crippen LogP contribution in [0.15, 0.2) is 59.8 Å². The van der Waals surface area contributed by atoms with Gasteiger partial charge in [0.25, 0.3) is 10.0 Å². The van der Waals surface area contributed by atoms with Gasteiger partial charge in [-0.05, 0) is 49.4 Å². The largest absolute Gasteiger partial charge is 0.353 e. The summed E-state index contributed by atoms with van der Waals surface area (Å²) in [4.78, 5) is 8.31. The Labute approximate surface area is 211 Å². The van der Waals surface area contributed by atoms with Crippen molar-refractivity contribution in [3.63, 3.8) is 0 Å². The highest BCUT2D eigenvalue weighted by Crippen LogP contribution is 2.33. The Morgan fingerprint density at radius 3 is 2.46 bits per heavy atom. The van der Waals surface area contributed by atoms with E-state index in [1.165, 1.54) is 6.33 Å². The molecule has 0 spiro atoms. The fourth-order valence-electron chi connectivity index (χ4n) is 3.92. The van der Waals surface area contributed by atoms with Crippen LogP contribution in [-0.2, 0) is 24.9 Å². The van der Waals surface area contributed by atoms with Crippen molar-refractivity contribution in [2.75, 3.05) is 17.9 Å². The summed E-state index contributed by atoms with van der Waals surface area (Å²) in [5.74, 6) is 0.124. The van der Waals surface area contributed by atoms with Crippen LogP contribution >= 0.6 is 11.6 Å². The predicted molar refractivity (Wildman–Crippen MR) is 137 cm³/mol. The molecule has 3 aromatic rings. The first-order valence-electron chi connectivity index (χ1n) is 11.6. The van der Waals surface area contributed by atoms with E-state index in [0.29, 0.717) is 12.2 Å². The zero-order valence-electron chi connectivity index (χ0n) is 20.1. The Morgan fingerprint density at radius 2 is 1.80 bits per heavy atom. The zero-order chi connectivity index (χ0) is 25.1. The predicted octanol–water partition coefficient (Wildman–Crippen LogP) is 5.73. The molecule has 0 saturated carbocycles. The molecule has 0 radical (unpaired) electrons. The van der Waals surface area contributed by atoms with E-state index in [2.05, 4.69) is 28.5 Å². The minimum atomic E-state index is -3.91. The van der Waals surface area contributed by atoms with Crippen LogP contribution in [0.25, 0.3) is 11.1 Å². The Kier molecular flexibility index (Phi) is 7.76. The van der Waals surface area contributed by atoms with Gasteiger partial charge in [-0.25, -0.2) is 18.4 Å². The summed E-state index contributed by atoms with van der Waals surface area (Å²) < 4.78 is 40.6. The van der Waals surface area contributed by atoms with E-state index >= 15 is 0 Å². The fourth-order valence-corrected chi connectivity index (χ4v) is 5.18. The van der Waals surface area contributed by atoms with Crippen LogP contribution in [0.1, 0.15) is 44.2 Å². The molecule has 7 nitrogen and oxygen atoms in total. The standard InChI is InChI=1S/C26H30ClN3O4S/c1-18-7-9-19(10-8-18)23-24(27)28-17-29-25(23)30-35(31,32)21-13-11-20(12-14-21)26(2,3)16-34-22-6-4-5-15-33-22/h7-14,17,22H,4-6,15-16H2,1-3H3,(H,28,29,30). The van der Waals surface area contributed by atoms with Gasteiger partial charge in [0, 0.05) is 12.0 Å². The first kappa shape index (κ1) is 25.6. The number of ether oxygens (including phenoxy) is 2. The lowest BCUT2D eigenvalue weighted by Crippen LogP contribution is -2.31. The maximum absolute atomic E-state index is 13.2. The number of sulfonamides is 1. The summed E-state index contributed by atoms with van der Waals surface area (Å²) >= 11 is 6.33. The molecule has 1 aromatic heterocycles. The maximum Gasteiger partial charge on any atom is 0.263 e. The molecule has 2 heterocycles. The van der Waals surface area contributed by atoms with E-state index in [0.717, 1.165) is 42.6 Å². The average molecular weight is 516 g/mol. The van der Waals surface area contributed by atoms with Crippen molar-refractivity contribution in [3.05, 3.63) is 71.1 Å². The first-order chi connectivity index (χ1) is 16.7. The smallest absolute Gasteiger partial charge is 0.263 e. The third kappa shape index (κ3) is 6.19. The van der Waals surface area contributed by atoms with E-state index in [1.807, 2.05) is 43.3 Å². The van der Waals surface area contributed by atoms with Crippen LogP contribution in [0, 0.1) is 6.92 Å². The highest BCUT2D eigenvalue weighted by molar-refractivity contribution is 7.92. The molecule has 1 fully saturated rings. The van der Waals surface area contributed by atoms with Gasteiger partial charge in [0.15, 0.2) is 12.1 Å². The van der Waals surface area contributed by atoms with Crippen LogP contribution in [0.3, 0.4) is 0 Å². The molecule has 0 aliphatic carbocycles. The number of benzene rings is 2. The number of anilines is 1. The summed E-state index contributed by atoms with van der Waals surface area (Å²) in [5, 5.41) is 0.167. The normalized spacial score (nSPS) is 16.7. The molecule has 1 aliphatic rings. The van der Waals surface area contributed by atoms with Gasteiger partial charge in [0.2, 0.25) is 0 Å². The second kappa shape index (κ2) is 10.6. The second-order valence-corrected chi connectivity index (χ2v) is 11.4. The summed E-state index contributed by atoms with van der Waals surface area (Å²) in [5.41, 5.74) is 2.88. The average Bonchev–Trinajstić information content (AvgIpc) is 2.84. The summed E-state index contributed by atoms with van der Waals surface area (Å²) in [6.45, 7) is 7.30. The third-order valence-corrected chi connectivity index (χ3v) is 7.73. The van der Waals surface area contributed by atoms with Crippen LogP contribution in [0.5, 0.6) is 0 Å². The SMILES string of the molecule is Cc1ccc(-c2c(Cl)ncnc2NS(=O)(=O)c2ccc(C(C)(C)COC3CCCCO3)cc2)cc1. The maximum atomic E-state index is 13.2. The molecule has 0 amide bonds. The van der Waals surface area contributed by atoms with Crippen molar-refractivity contribution in [1.82, 2.24) is 9.97 Å². The van der Waals surface area contributed by atoms with Gasteiger partial charge in [-0.1, -0.05) is 67.4 Å². The fraction of sp³-hybridized carbons (Fsp3) is 0.385. The van der Waals surface area contributed by atoms with E-state index in [-0.39, 0.29) is 27.6 Å². The molecule has 1 aliphatic heterocycles. The quantitative estimate of drug-likeness (QED) is 0.385. The van der Waals surface area contributed by atoms with E-state index in [1.54, 1.807) is 12.1 Å². The van der Waals surface area contributed by atoms with Crippen molar-refractivity contribution in [1.29, 1.82) is 0 Å². The number of nitrogens with one attached hydrogen (secondary N) is 1. The zero-order valence-corrected chi connectivity index (χ0v) is 21.7. The van der Waals surface area contributed by atoms with Crippen molar-refractivity contribution in [2.24, 2.45) is 0 Å². The van der Waals surface area contributed by atoms with Crippen LogP contribution < -0.4 is 4.72 Å². The summed E-state index contributed by atoms with van der Waals surface area (Å²) in [7, 11) is -3.91. The number of hydrogen-bond donors (Lipinski definition) is 1. The molecule has 1 N–H and O–H groups in total. The molecule has 4 rings (SSSR count). The molecule has 1 atom stereocenters.